The average Bonchev–Trinajstić information content (AvgIpc) is 2.10. The van der Waals surface area contributed by atoms with Crippen molar-refractivity contribution in [1.82, 2.24) is 9.97 Å². The zero-order chi connectivity index (χ0) is 7.72. The predicted octanol–water partition coefficient (Wildman–Crippen LogP) is 2.15. The summed E-state index contributed by atoms with van der Waals surface area (Å²) >= 11 is 0. The molecule has 0 spiro atoms. The van der Waals surface area contributed by atoms with Crippen LogP contribution in [-0.4, -0.2) is 9.97 Å². The molecule has 0 bridgehead atoms. The van der Waals surface area contributed by atoms with Crippen molar-refractivity contribution in [1.29, 1.82) is 0 Å². The number of hydrogen-bond donors (Lipinski definition) is 1. The first-order valence-electron chi connectivity index (χ1n) is 3.64. The Morgan fingerprint density at radius 2 is 1.90 bits per heavy atom. The Balaban J connectivity index is 3.03. The van der Waals surface area contributed by atoms with E-state index >= 15 is 0 Å². The fourth-order valence-corrected chi connectivity index (χ4v) is 1.19. The molecule has 10 heavy (non-hydrogen) atoms. The maximum Gasteiger partial charge on any atom is 0.103 e. The van der Waals surface area contributed by atoms with Crippen molar-refractivity contribution in [3.8, 4) is 0 Å². The minimum atomic E-state index is 0.532. The van der Waals surface area contributed by atoms with Crippen molar-refractivity contribution >= 4 is 0 Å². The number of hydrogen-bond acceptors (Lipinski definition) is 1. The molecule has 56 valence electrons. The third kappa shape index (κ3) is 1.20. The van der Waals surface area contributed by atoms with E-state index in [1.165, 1.54) is 11.4 Å². The summed E-state index contributed by atoms with van der Waals surface area (Å²) in [5.74, 6) is 1.55. The summed E-state index contributed by atoms with van der Waals surface area (Å²) in [4.78, 5) is 7.53. The molecule has 1 rings (SSSR count). The van der Waals surface area contributed by atoms with Gasteiger partial charge in [0.05, 0.1) is 5.69 Å². The molecule has 0 radical (unpaired) electrons. The summed E-state index contributed by atoms with van der Waals surface area (Å²) in [7, 11) is 0. The van der Waals surface area contributed by atoms with Crippen LogP contribution in [0.2, 0.25) is 0 Å². The highest BCUT2D eigenvalue weighted by Gasteiger charge is 2.06. The lowest BCUT2D eigenvalue weighted by Crippen LogP contribution is -1.89. The van der Waals surface area contributed by atoms with E-state index < -0.39 is 0 Å². The third-order valence-electron chi connectivity index (χ3n) is 1.59. The van der Waals surface area contributed by atoms with Gasteiger partial charge >= 0.3 is 0 Å². The van der Waals surface area contributed by atoms with Crippen molar-refractivity contribution < 1.29 is 0 Å². The highest BCUT2D eigenvalue weighted by Crippen LogP contribution is 2.15. The Kier molecular flexibility index (Phi) is 1.79. The summed E-state index contributed by atoms with van der Waals surface area (Å²) in [6.07, 6.45) is 0. The summed E-state index contributed by atoms with van der Waals surface area (Å²) in [5.41, 5.74) is 2.39. The van der Waals surface area contributed by atoms with E-state index in [2.05, 4.69) is 30.7 Å². The molecule has 0 aliphatic rings. The van der Waals surface area contributed by atoms with Gasteiger partial charge in [-0.15, -0.1) is 0 Å². The predicted molar refractivity (Wildman–Crippen MR) is 42.2 cm³/mol. The molecule has 2 heteroatoms. The van der Waals surface area contributed by atoms with Gasteiger partial charge in [-0.25, -0.2) is 4.98 Å². The lowest BCUT2D eigenvalue weighted by atomic mass is 10.1. The fraction of sp³-hybridized carbons (Fsp3) is 0.625. The molecule has 0 saturated carbocycles. The van der Waals surface area contributed by atoms with Gasteiger partial charge in [-0.05, 0) is 19.8 Å². The molecule has 0 unspecified atom stereocenters. The van der Waals surface area contributed by atoms with E-state index in [0.717, 1.165) is 5.82 Å². The number of H-pyrrole nitrogens is 1. The highest BCUT2D eigenvalue weighted by molar-refractivity contribution is 5.15. The lowest BCUT2D eigenvalue weighted by molar-refractivity contribution is 0.819. The summed E-state index contributed by atoms with van der Waals surface area (Å²) < 4.78 is 0. The van der Waals surface area contributed by atoms with Gasteiger partial charge in [0.1, 0.15) is 5.82 Å². The van der Waals surface area contributed by atoms with Crippen LogP contribution in [0.25, 0.3) is 0 Å². The number of aromatic nitrogens is 2. The average molecular weight is 138 g/mol. The third-order valence-corrected chi connectivity index (χ3v) is 1.59. The number of nitrogens with zero attached hydrogens (tertiary/aromatic N) is 1. The summed E-state index contributed by atoms with van der Waals surface area (Å²) in [5, 5.41) is 0. The number of imidazole rings is 1. The van der Waals surface area contributed by atoms with Crippen LogP contribution >= 0.6 is 0 Å². The van der Waals surface area contributed by atoms with E-state index in [1.807, 2.05) is 6.92 Å². The van der Waals surface area contributed by atoms with Crippen LogP contribution in [0.5, 0.6) is 0 Å². The molecule has 1 aromatic heterocycles. The molecule has 0 atom stereocenters. The van der Waals surface area contributed by atoms with Crippen LogP contribution in [0, 0.1) is 13.8 Å². The fourth-order valence-electron chi connectivity index (χ4n) is 1.19. The Morgan fingerprint density at radius 3 is 2.10 bits per heavy atom. The minimum absolute atomic E-state index is 0.532. The van der Waals surface area contributed by atoms with Crippen molar-refractivity contribution in [2.24, 2.45) is 0 Å². The summed E-state index contributed by atoms with van der Waals surface area (Å²) in [6, 6.07) is 0. The molecule has 2 nitrogen and oxygen atoms in total. The topological polar surface area (TPSA) is 28.7 Å². The smallest absolute Gasteiger partial charge is 0.103 e. The van der Waals surface area contributed by atoms with Gasteiger partial charge in [-0.1, -0.05) is 13.8 Å². The van der Waals surface area contributed by atoms with E-state index in [4.69, 9.17) is 0 Å². The van der Waals surface area contributed by atoms with E-state index in [0.29, 0.717) is 5.92 Å². The van der Waals surface area contributed by atoms with Crippen molar-refractivity contribution in [3.05, 3.63) is 17.2 Å². The molecule has 0 aliphatic heterocycles. The van der Waals surface area contributed by atoms with E-state index in [-0.39, 0.29) is 0 Å². The first kappa shape index (κ1) is 7.32. The van der Waals surface area contributed by atoms with Gasteiger partial charge in [0.15, 0.2) is 0 Å². The lowest BCUT2D eigenvalue weighted by Gasteiger charge is -1.99. The highest BCUT2D eigenvalue weighted by atomic mass is 14.9. The first-order chi connectivity index (χ1) is 4.61. The second-order valence-electron chi connectivity index (χ2n) is 2.99. The minimum Gasteiger partial charge on any atom is -0.346 e. The van der Waals surface area contributed by atoms with Gasteiger partial charge in [0, 0.05) is 5.69 Å². The quantitative estimate of drug-likeness (QED) is 0.633. The molecule has 1 aromatic rings. The maximum absolute atomic E-state index is 4.35. The Hall–Kier alpha value is -0.790. The largest absolute Gasteiger partial charge is 0.346 e. The Labute approximate surface area is 61.7 Å². The van der Waals surface area contributed by atoms with Crippen molar-refractivity contribution in [3.63, 3.8) is 0 Å². The Morgan fingerprint density at radius 1 is 1.30 bits per heavy atom. The molecule has 0 aliphatic carbocycles. The standard InChI is InChI=1S/C8H14N2/c1-5(2)8-6(3)9-7(4)10-8/h5H,1-4H3,(H,9,10). The maximum atomic E-state index is 4.35. The Bertz CT molecular complexity index is 223. The summed E-state index contributed by atoms with van der Waals surface area (Å²) in [6.45, 7) is 8.36. The number of aromatic amines is 1. The van der Waals surface area contributed by atoms with E-state index in [9.17, 15) is 0 Å². The van der Waals surface area contributed by atoms with Crippen LogP contribution < -0.4 is 0 Å². The van der Waals surface area contributed by atoms with E-state index in [1.54, 1.807) is 0 Å². The molecule has 0 fully saturated rings. The molecule has 0 amide bonds. The molecule has 1 heterocycles. The van der Waals surface area contributed by atoms with Crippen LogP contribution in [0.15, 0.2) is 0 Å². The first-order valence-corrected chi connectivity index (χ1v) is 3.64. The van der Waals surface area contributed by atoms with Gasteiger partial charge in [0.2, 0.25) is 0 Å². The molecule has 0 saturated heterocycles. The second-order valence-corrected chi connectivity index (χ2v) is 2.99. The van der Waals surface area contributed by atoms with Gasteiger partial charge in [0.25, 0.3) is 0 Å². The van der Waals surface area contributed by atoms with Gasteiger partial charge in [-0.2, -0.15) is 0 Å². The van der Waals surface area contributed by atoms with Gasteiger partial charge in [-0.3, -0.25) is 0 Å². The normalized spacial score (nSPS) is 10.9. The number of rotatable bonds is 1. The van der Waals surface area contributed by atoms with Crippen molar-refractivity contribution in [2.75, 3.05) is 0 Å². The van der Waals surface area contributed by atoms with Crippen LogP contribution in [0.1, 0.15) is 37.0 Å². The molecular weight excluding hydrogens is 124 g/mol. The number of aryl methyl sites for hydroxylation is 2. The molecular formula is C8H14N2. The molecule has 1 N–H and O–H groups in total. The van der Waals surface area contributed by atoms with Crippen LogP contribution in [0.4, 0.5) is 0 Å². The second kappa shape index (κ2) is 2.45. The zero-order valence-corrected chi connectivity index (χ0v) is 7.02. The molecule has 0 aromatic carbocycles. The SMILES string of the molecule is Cc1nc(C(C)C)c(C)[nH]1. The zero-order valence-electron chi connectivity index (χ0n) is 7.02. The number of nitrogens with one attached hydrogen (secondary N) is 1. The van der Waals surface area contributed by atoms with Gasteiger partial charge < -0.3 is 4.98 Å². The van der Waals surface area contributed by atoms with Crippen LogP contribution in [0.3, 0.4) is 0 Å². The van der Waals surface area contributed by atoms with Crippen molar-refractivity contribution in [2.45, 2.75) is 33.6 Å². The monoisotopic (exact) mass is 138 g/mol. The van der Waals surface area contributed by atoms with Crippen LogP contribution in [-0.2, 0) is 0 Å².